The van der Waals surface area contributed by atoms with Crippen molar-refractivity contribution in [1.29, 1.82) is 0 Å². The van der Waals surface area contributed by atoms with E-state index in [2.05, 4.69) is 5.32 Å². The van der Waals surface area contributed by atoms with Crippen LogP contribution in [-0.2, 0) is 4.79 Å². The fourth-order valence-electron chi connectivity index (χ4n) is 2.54. The normalized spacial score (nSPS) is 18.1. The van der Waals surface area contributed by atoms with Gasteiger partial charge in [0.05, 0.1) is 12.7 Å². The van der Waals surface area contributed by atoms with Crippen LogP contribution in [0.1, 0.15) is 18.4 Å². The van der Waals surface area contributed by atoms with Gasteiger partial charge in [0.2, 0.25) is 0 Å². The predicted molar refractivity (Wildman–Crippen MR) is 80.2 cm³/mol. The van der Waals surface area contributed by atoms with Gasteiger partial charge in [-0.05, 0) is 43.0 Å². The van der Waals surface area contributed by atoms with E-state index in [-0.39, 0.29) is 18.6 Å². The molecule has 3 N–H and O–H groups in total. The van der Waals surface area contributed by atoms with Crippen LogP contribution in [0.2, 0.25) is 0 Å². The van der Waals surface area contributed by atoms with Crippen LogP contribution in [0.25, 0.3) is 6.08 Å². The second kappa shape index (κ2) is 5.77. The lowest BCUT2D eigenvalue weighted by Gasteiger charge is -2.21. The quantitative estimate of drug-likeness (QED) is 0.857. The largest absolute Gasteiger partial charge is 0.497 e. The highest BCUT2D eigenvalue weighted by molar-refractivity contribution is 5.99. The SMILES string of the molecule is COc1ccc2c(c1)C=C(C(=O)NC(CN)C1CC1)CO2. The van der Waals surface area contributed by atoms with Crippen LogP contribution in [0.4, 0.5) is 0 Å². The third kappa shape index (κ3) is 3.03. The minimum atomic E-state index is -0.0918. The molecule has 1 saturated carbocycles. The van der Waals surface area contributed by atoms with Crippen molar-refractivity contribution in [2.45, 2.75) is 18.9 Å². The highest BCUT2D eigenvalue weighted by Gasteiger charge is 2.32. The van der Waals surface area contributed by atoms with Crippen molar-refractivity contribution < 1.29 is 14.3 Å². The van der Waals surface area contributed by atoms with Crippen LogP contribution in [0.3, 0.4) is 0 Å². The Morgan fingerprint density at radius 1 is 1.52 bits per heavy atom. The van der Waals surface area contributed by atoms with Crippen LogP contribution in [0.15, 0.2) is 23.8 Å². The molecule has 1 fully saturated rings. The van der Waals surface area contributed by atoms with Crippen molar-refractivity contribution in [2.24, 2.45) is 11.7 Å². The smallest absolute Gasteiger partial charge is 0.250 e. The summed E-state index contributed by atoms with van der Waals surface area (Å²) >= 11 is 0. The standard InChI is InChI=1S/C16H20N2O3/c1-20-13-4-5-15-11(7-13)6-12(9-21-15)16(19)18-14(8-17)10-2-3-10/h4-7,10,14H,2-3,8-9,17H2,1H3,(H,18,19). The number of ether oxygens (including phenoxy) is 2. The maximum Gasteiger partial charge on any atom is 0.250 e. The molecule has 1 aromatic rings. The first kappa shape index (κ1) is 13.9. The molecule has 0 radical (unpaired) electrons. The lowest BCUT2D eigenvalue weighted by Crippen LogP contribution is -2.43. The summed E-state index contributed by atoms with van der Waals surface area (Å²) in [6.45, 7) is 0.766. The van der Waals surface area contributed by atoms with Gasteiger partial charge in [0.15, 0.2) is 0 Å². The summed E-state index contributed by atoms with van der Waals surface area (Å²) in [5, 5.41) is 3.01. The molecule has 1 amide bonds. The third-order valence-corrected chi connectivity index (χ3v) is 3.98. The fraction of sp³-hybridized carbons (Fsp3) is 0.438. The zero-order chi connectivity index (χ0) is 14.8. The highest BCUT2D eigenvalue weighted by Crippen LogP contribution is 2.33. The van der Waals surface area contributed by atoms with Gasteiger partial charge in [0, 0.05) is 18.2 Å². The van der Waals surface area contributed by atoms with Gasteiger partial charge in [0.25, 0.3) is 5.91 Å². The fourth-order valence-corrected chi connectivity index (χ4v) is 2.54. The molecule has 1 heterocycles. The highest BCUT2D eigenvalue weighted by atomic mass is 16.5. The first-order chi connectivity index (χ1) is 10.2. The van der Waals surface area contributed by atoms with Gasteiger partial charge in [-0.1, -0.05) is 0 Å². The van der Waals surface area contributed by atoms with Crippen molar-refractivity contribution in [2.75, 3.05) is 20.3 Å². The minimum absolute atomic E-state index is 0.0742. The maximum atomic E-state index is 12.3. The summed E-state index contributed by atoms with van der Waals surface area (Å²) in [4.78, 5) is 12.3. The molecule has 1 atom stereocenters. The number of carbonyl (C=O) groups is 1. The van der Waals surface area contributed by atoms with Crippen molar-refractivity contribution in [1.82, 2.24) is 5.32 Å². The van der Waals surface area contributed by atoms with Gasteiger partial charge in [-0.3, -0.25) is 4.79 Å². The first-order valence-electron chi connectivity index (χ1n) is 7.23. The number of benzene rings is 1. The van der Waals surface area contributed by atoms with E-state index < -0.39 is 0 Å². The number of rotatable bonds is 5. The lowest BCUT2D eigenvalue weighted by molar-refractivity contribution is -0.118. The molecule has 0 spiro atoms. The van der Waals surface area contributed by atoms with Crippen LogP contribution >= 0.6 is 0 Å². The summed E-state index contributed by atoms with van der Waals surface area (Å²) < 4.78 is 10.8. The van der Waals surface area contributed by atoms with Crippen molar-refractivity contribution in [3.63, 3.8) is 0 Å². The number of carbonyl (C=O) groups excluding carboxylic acids is 1. The first-order valence-corrected chi connectivity index (χ1v) is 7.23. The molecule has 1 aliphatic carbocycles. The number of nitrogens with one attached hydrogen (secondary N) is 1. The number of fused-ring (bicyclic) bond motifs is 1. The molecule has 0 bridgehead atoms. The average molecular weight is 288 g/mol. The van der Waals surface area contributed by atoms with Gasteiger partial charge in [-0.15, -0.1) is 0 Å². The topological polar surface area (TPSA) is 73.6 Å². The second-order valence-electron chi connectivity index (χ2n) is 5.52. The lowest BCUT2D eigenvalue weighted by atomic mass is 10.1. The Morgan fingerprint density at radius 3 is 3.00 bits per heavy atom. The molecule has 5 nitrogen and oxygen atoms in total. The van der Waals surface area contributed by atoms with E-state index in [1.165, 1.54) is 0 Å². The Morgan fingerprint density at radius 2 is 2.33 bits per heavy atom. The van der Waals surface area contributed by atoms with E-state index in [4.69, 9.17) is 15.2 Å². The van der Waals surface area contributed by atoms with E-state index in [0.717, 1.165) is 29.9 Å². The van der Waals surface area contributed by atoms with E-state index in [9.17, 15) is 4.79 Å². The van der Waals surface area contributed by atoms with E-state index >= 15 is 0 Å². The van der Waals surface area contributed by atoms with Crippen LogP contribution in [-0.4, -0.2) is 32.2 Å². The van der Waals surface area contributed by atoms with E-state index in [0.29, 0.717) is 18.0 Å². The molecule has 1 aliphatic heterocycles. The van der Waals surface area contributed by atoms with Crippen LogP contribution < -0.4 is 20.5 Å². The monoisotopic (exact) mass is 288 g/mol. The van der Waals surface area contributed by atoms with Gasteiger partial charge < -0.3 is 20.5 Å². The average Bonchev–Trinajstić information content (AvgIpc) is 3.36. The molecule has 3 rings (SSSR count). The third-order valence-electron chi connectivity index (χ3n) is 3.98. The number of hydrogen-bond acceptors (Lipinski definition) is 4. The second-order valence-corrected chi connectivity index (χ2v) is 5.52. The minimum Gasteiger partial charge on any atom is -0.497 e. The Hall–Kier alpha value is -2.01. The van der Waals surface area contributed by atoms with E-state index in [1.807, 2.05) is 24.3 Å². The van der Waals surface area contributed by atoms with Gasteiger partial charge >= 0.3 is 0 Å². The number of amides is 1. The maximum absolute atomic E-state index is 12.3. The summed E-state index contributed by atoms with van der Waals surface area (Å²) in [5.41, 5.74) is 7.21. The molecule has 0 aromatic heterocycles. The van der Waals surface area contributed by atoms with Gasteiger partial charge in [0.1, 0.15) is 18.1 Å². The number of methoxy groups -OCH3 is 1. The zero-order valence-electron chi connectivity index (χ0n) is 12.1. The van der Waals surface area contributed by atoms with Crippen LogP contribution in [0, 0.1) is 5.92 Å². The summed E-state index contributed by atoms with van der Waals surface area (Å²) in [7, 11) is 1.62. The molecule has 2 aliphatic rings. The van der Waals surface area contributed by atoms with Gasteiger partial charge in [-0.2, -0.15) is 0 Å². The number of hydrogen-bond donors (Lipinski definition) is 2. The van der Waals surface area contributed by atoms with Crippen molar-refractivity contribution >= 4 is 12.0 Å². The summed E-state index contributed by atoms with van der Waals surface area (Å²) in [6.07, 6.45) is 4.16. The van der Waals surface area contributed by atoms with Crippen molar-refractivity contribution in [3.8, 4) is 11.5 Å². The van der Waals surface area contributed by atoms with Crippen LogP contribution in [0.5, 0.6) is 11.5 Å². The van der Waals surface area contributed by atoms with Crippen molar-refractivity contribution in [3.05, 3.63) is 29.3 Å². The molecule has 5 heteroatoms. The summed E-state index contributed by atoms with van der Waals surface area (Å²) in [6, 6.07) is 5.63. The molecule has 112 valence electrons. The Labute approximate surface area is 124 Å². The molecule has 0 saturated heterocycles. The summed E-state index contributed by atoms with van der Waals surface area (Å²) in [5.74, 6) is 1.96. The van der Waals surface area contributed by atoms with Gasteiger partial charge in [-0.25, -0.2) is 0 Å². The Kier molecular flexibility index (Phi) is 3.84. The Bertz CT molecular complexity index is 579. The predicted octanol–water partition coefficient (Wildman–Crippen LogP) is 1.32. The molecule has 21 heavy (non-hydrogen) atoms. The molecule has 1 aromatic carbocycles. The molecular formula is C16H20N2O3. The molecule has 1 unspecified atom stereocenters. The number of nitrogens with two attached hydrogens (primary N) is 1. The Balaban J connectivity index is 1.75. The van der Waals surface area contributed by atoms with E-state index in [1.54, 1.807) is 7.11 Å². The zero-order valence-corrected chi connectivity index (χ0v) is 12.1. The molecular weight excluding hydrogens is 268 g/mol.